The molecule has 3 amide bonds. The summed E-state index contributed by atoms with van der Waals surface area (Å²) in [6.07, 6.45) is 3.46. The van der Waals surface area contributed by atoms with E-state index in [1.807, 2.05) is 65.9 Å². The standard InChI is InChI=1S/C24H28N6O2/c1-17(20-9-6-10-21(15-20)27-23(31)19-7-4-3-5-8-19)26-24(32)30-13-11-18(12-14-30)22-28-25-16-29(22)2/h3-10,15-18H,11-14H2,1-2H3,(H,26,32)(H,27,31). The highest BCUT2D eigenvalue weighted by atomic mass is 16.2. The van der Waals surface area contributed by atoms with Crippen molar-refractivity contribution >= 4 is 17.6 Å². The second-order valence-corrected chi connectivity index (χ2v) is 8.18. The van der Waals surface area contributed by atoms with Gasteiger partial charge in [-0.1, -0.05) is 30.3 Å². The summed E-state index contributed by atoms with van der Waals surface area (Å²) in [5.41, 5.74) is 2.23. The minimum absolute atomic E-state index is 0.0763. The first-order valence-corrected chi connectivity index (χ1v) is 10.9. The number of rotatable bonds is 5. The summed E-state index contributed by atoms with van der Waals surface area (Å²) in [5.74, 6) is 1.15. The first-order chi connectivity index (χ1) is 15.5. The quantitative estimate of drug-likeness (QED) is 0.643. The molecule has 1 atom stereocenters. The van der Waals surface area contributed by atoms with Crippen LogP contribution in [0.5, 0.6) is 0 Å². The van der Waals surface area contributed by atoms with E-state index in [-0.39, 0.29) is 18.0 Å². The van der Waals surface area contributed by atoms with Crippen LogP contribution in [0.2, 0.25) is 0 Å². The molecule has 8 heteroatoms. The van der Waals surface area contributed by atoms with Crippen molar-refractivity contribution in [3.8, 4) is 0 Å². The number of hydrogen-bond donors (Lipinski definition) is 2. The van der Waals surface area contributed by atoms with Crippen LogP contribution in [0.3, 0.4) is 0 Å². The van der Waals surface area contributed by atoms with Crippen molar-refractivity contribution in [3.63, 3.8) is 0 Å². The summed E-state index contributed by atoms with van der Waals surface area (Å²) in [6, 6.07) is 16.4. The SMILES string of the molecule is CC(NC(=O)N1CCC(c2nncn2C)CC1)c1cccc(NC(=O)c2ccccc2)c1. The minimum atomic E-state index is -0.187. The van der Waals surface area contributed by atoms with E-state index in [1.54, 1.807) is 18.5 Å². The van der Waals surface area contributed by atoms with Gasteiger partial charge in [0, 0.05) is 37.3 Å². The number of nitrogens with one attached hydrogen (secondary N) is 2. The Bertz CT molecular complexity index is 1070. The Morgan fingerprint density at radius 1 is 1.06 bits per heavy atom. The van der Waals surface area contributed by atoms with Crippen LogP contribution in [0.4, 0.5) is 10.5 Å². The van der Waals surface area contributed by atoms with Crippen LogP contribution in [-0.4, -0.2) is 44.7 Å². The molecule has 8 nitrogen and oxygen atoms in total. The summed E-state index contributed by atoms with van der Waals surface area (Å²) in [7, 11) is 1.95. The first kappa shape index (κ1) is 21.5. The van der Waals surface area contributed by atoms with Crippen LogP contribution < -0.4 is 10.6 Å². The number of aromatic nitrogens is 3. The van der Waals surface area contributed by atoms with Crippen molar-refractivity contribution in [2.24, 2.45) is 7.05 Å². The van der Waals surface area contributed by atoms with Crippen LogP contribution in [0.25, 0.3) is 0 Å². The van der Waals surface area contributed by atoms with Crippen molar-refractivity contribution in [2.45, 2.75) is 31.7 Å². The fourth-order valence-corrected chi connectivity index (χ4v) is 4.04. The lowest BCUT2D eigenvalue weighted by Gasteiger charge is -2.32. The Labute approximate surface area is 187 Å². The van der Waals surface area contributed by atoms with Crippen LogP contribution >= 0.6 is 0 Å². The summed E-state index contributed by atoms with van der Waals surface area (Å²) < 4.78 is 1.95. The van der Waals surface area contributed by atoms with Gasteiger partial charge < -0.3 is 20.1 Å². The van der Waals surface area contributed by atoms with Gasteiger partial charge in [0.15, 0.2) is 0 Å². The fraction of sp³-hybridized carbons (Fsp3) is 0.333. The molecule has 4 rings (SSSR count). The van der Waals surface area contributed by atoms with E-state index >= 15 is 0 Å². The Balaban J connectivity index is 1.32. The smallest absolute Gasteiger partial charge is 0.317 e. The first-order valence-electron chi connectivity index (χ1n) is 10.9. The van der Waals surface area contributed by atoms with Gasteiger partial charge in [-0.25, -0.2) is 4.79 Å². The van der Waals surface area contributed by atoms with Gasteiger partial charge in [0.1, 0.15) is 12.2 Å². The average molecular weight is 433 g/mol. The van der Waals surface area contributed by atoms with Crippen molar-refractivity contribution in [3.05, 3.63) is 77.9 Å². The highest BCUT2D eigenvalue weighted by molar-refractivity contribution is 6.04. The molecule has 166 valence electrons. The van der Waals surface area contributed by atoms with Gasteiger partial charge in [0.05, 0.1) is 6.04 Å². The number of carbonyl (C=O) groups excluding carboxylic acids is 2. The van der Waals surface area contributed by atoms with Gasteiger partial charge in [0.2, 0.25) is 0 Å². The third-order valence-corrected chi connectivity index (χ3v) is 5.91. The molecule has 0 bridgehead atoms. The van der Waals surface area contributed by atoms with Crippen molar-refractivity contribution in [2.75, 3.05) is 18.4 Å². The van der Waals surface area contributed by atoms with Crippen molar-refractivity contribution in [1.29, 1.82) is 0 Å². The molecule has 0 aliphatic carbocycles. The molecule has 2 heterocycles. The highest BCUT2D eigenvalue weighted by Crippen LogP contribution is 2.26. The summed E-state index contributed by atoms with van der Waals surface area (Å²) in [5, 5.41) is 14.2. The molecular formula is C24H28N6O2. The molecule has 1 unspecified atom stereocenters. The monoisotopic (exact) mass is 432 g/mol. The summed E-state index contributed by atoms with van der Waals surface area (Å²) in [6.45, 7) is 3.31. The van der Waals surface area contributed by atoms with Crippen LogP contribution in [-0.2, 0) is 7.05 Å². The number of hydrogen-bond acceptors (Lipinski definition) is 4. The lowest BCUT2D eigenvalue weighted by Crippen LogP contribution is -2.45. The molecule has 2 aromatic carbocycles. The van der Waals surface area contributed by atoms with Crippen LogP contribution in [0, 0.1) is 0 Å². The number of aryl methyl sites for hydroxylation is 1. The van der Waals surface area contributed by atoms with E-state index in [2.05, 4.69) is 20.8 Å². The number of carbonyl (C=O) groups is 2. The van der Waals surface area contributed by atoms with E-state index in [0.29, 0.717) is 30.3 Å². The molecule has 1 aliphatic heterocycles. The highest BCUT2D eigenvalue weighted by Gasteiger charge is 2.27. The summed E-state index contributed by atoms with van der Waals surface area (Å²) in [4.78, 5) is 27.1. The average Bonchev–Trinajstić information content (AvgIpc) is 3.25. The molecule has 0 spiro atoms. The molecule has 0 saturated carbocycles. The maximum Gasteiger partial charge on any atom is 0.317 e. The zero-order chi connectivity index (χ0) is 22.5. The van der Waals surface area contributed by atoms with Gasteiger partial charge in [-0.3, -0.25) is 4.79 Å². The molecule has 1 fully saturated rings. The largest absolute Gasteiger partial charge is 0.331 e. The number of likely N-dealkylation sites (tertiary alicyclic amines) is 1. The molecule has 1 aliphatic rings. The van der Waals surface area contributed by atoms with Crippen LogP contribution in [0.15, 0.2) is 60.9 Å². The van der Waals surface area contributed by atoms with Gasteiger partial charge in [-0.05, 0) is 49.6 Å². The zero-order valence-electron chi connectivity index (χ0n) is 18.4. The minimum Gasteiger partial charge on any atom is -0.331 e. The number of benzene rings is 2. The molecule has 3 aromatic rings. The lowest BCUT2D eigenvalue weighted by molar-refractivity contribution is 0.102. The van der Waals surface area contributed by atoms with Gasteiger partial charge in [-0.15, -0.1) is 10.2 Å². The Morgan fingerprint density at radius 2 is 1.81 bits per heavy atom. The van der Waals surface area contributed by atoms with Gasteiger partial charge in [0.25, 0.3) is 5.91 Å². The van der Waals surface area contributed by atoms with Crippen molar-refractivity contribution < 1.29 is 9.59 Å². The van der Waals surface area contributed by atoms with E-state index in [0.717, 1.165) is 24.2 Å². The zero-order valence-corrected chi connectivity index (χ0v) is 18.4. The summed E-state index contributed by atoms with van der Waals surface area (Å²) >= 11 is 0. The molecule has 32 heavy (non-hydrogen) atoms. The predicted molar refractivity (Wildman–Crippen MR) is 122 cm³/mol. The molecule has 0 radical (unpaired) electrons. The lowest BCUT2D eigenvalue weighted by atomic mass is 9.96. The number of urea groups is 1. The van der Waals surface area contributed by atoms with E-state index in [9.17, 15) is 9.59 Å². The Morgan fingerprint density at radius 3 is 2.50 bits per heavy atom. The Kier molecular flexibility index (Phi) is 6.49. The third kappa shape index (κ3) is 4.96. The molecule has 1 saturated heterocycles. The van der Waals surface area contributed by atoms with E-state index in [1.165, 1.54) is 0 Å². The second kappa shape index (κ2) is 9.64. The van der Waals surface area contributed by atoms with E-state index < -0.39 is 0 Å². The topological polar surface area (TPSA) is 92.2 Å². The Hall–Kier alpha value is -3.68. The fourth-order valence-electron chi connectivity index (χ4n) is 4.04. The number of nitrogens with zero attached hydrogens (tertiary/aromatic N) is 4. The maximum absolute atomic E-state index is 12.8. The van der Waals surface area contributed by atoms with Crippen LogP contribution in [0.1, 0.15) is 53.5 Å². The maximum atomic E-state index is 12.8. The normalized spacial score (nSPS) is 15.2. The second-order valence-electron chi connectivity index (χ2n) is 8.18. The molecule has 1 aromatic heterocycles. The third-order valence-electron chi connectivity index (χ3n) is 5.91. The van der Waals surface area contributed by atoms with Crippen molar-refractivity contribution in [1.82, 2.24) is 25.0 Å². The van der Waals surface area contributed by atoms with E-state index in [4.69, 9.17) is 0 Å². The number of piperidine rings is 1. The van der Waals surface area contributed by atoms with Gasteiger partial charge >= 0.3 is 6.03 Å². The van der Waals surface area contributed by atoms with Gasteiger partial charge in [-0.2, -0.15) is 0 Å². The predicted octanol–water partition coefficient (Wildman–Crippen LogP) is 3.72. The molecule has 2 N–H and O–H groups in total. The number of anilines is 1. The number of amides is 3. The molecular weight excluding hydrogens is 404 g/mol.